The molecule has 1 aliphatic rings. The Balaban J connectivity index is 2.57. The van der Waals surface area contributed by atoms with Crippen molar-refractivity contribution in [3.63, 3.8) is 0 Å². The van der Waals surface area contributed by atoms with E-state index in [1.165, 1.54) is 0 Å². The van der Waals surface area contributed by atoms with E-state index < -0.39 is 20.8 Å². The summed E-state index contributed by atoms with van der Waals surface area (Å²) in [6.07, 6.45) is 2.80. The minimum atomic E-state index is -4.11. The average Bonchev–Trinajstić information content (AvgIpc) is 2.42. The van der Waals surface area contributed by atoms with E-state index in [0.717, 1.165) is 25.3 Å². The molecular weight excluding hydrogens is 359 g/mol. The molecule has 0 unspecified atom stereocenters. The second-order valence-corrected chi connectivity index (χ2v) is 7.45. The van der Waals surface area contributed by atoms with E-state index >= 15 is 0 Å². The summed E-state index contributed by atoms with van der Waals surface area (Å²) in [5.74, 6) is -0.433. The van der Waals surface area contributed by atoms with Gasteiger partial charge in [0.1, 0.15) is 4.90 Å². The Morgan fingerprint density at radius 1 is 1.10 bits per heavy atom. The van der Waals surface area contributed by atoms with Crippen LogP contribution in [0, 0.1) is 0 Å². The number of carbonyl (C=O) groups is 1. The SMILES string of the molecule is NS(=O)(=O)c1cc(Cl)c(Cl)c(C(=O)N2CCCCC2)c1Cl. The van der Waals surface area contributed by atoms with Gasteiger partial charge < -0.3 is 4.90 Å². The zero-order chi connectivity index (χ0) is 15.8. The molecule has 0 bridgehead atoms. The van der Waals surface area contributed by atoms with E-state index in [1.54, 1.807) is 4.90 Å². The lowest BCUT2D eigenvalue weighted by Crippen LogP contribution is -2.36. The molecule has 1 saturated heterocycles. The Bertz CT molecular complexity index is 685. The molecule has 1 aromatic carbocycles. The van der Waals surface area contributed by atoms with Crippen molar-refractivity contribution in [2.45, 2.75) is 24.2 Å². The van der Waals surface area contributed by atoms with Gasteiger partial charge in [-0.3, -0.25) is 4.79 Å². The minimum Gasteiger partial charge on any atom is -0.339 e. The van der Waals surface area contributed by atoms with Crippen LogP contribution in [0.4, 0.5) is 0 Å². The fraction of sp³-hybridized carbons (Fsp3) is 0.417. The molecule has 1 fully saturated rings. The van der Waals surface area contributed by atoms with E-state index in [4.69, 9.17) is 39.9 Å². The van der Waals surface area contributed by atoms with Gasteiger partial charge in [0.15, 0.2) is 0 Å². The molecule has 0 aromatic heterocycles. The van der Waals surface area contributed by atoms with Gasteiger partial charge in [0.25, 0.3) is 5.91 Å². The molecule has 2 rings (SSSR count). The van der Waals surface area contributed by atoms with Crippen molar-refractivity contribution >= 4 is 50.7 Å². The van der Waals surface area contributed by atoms with Gasteiger partial charge in [-0.05, 0) is 25.3 Å². The van der Waals surface area contributed by atoms with Crippen LogP contribution in [0.15, 0.2) is 11.0 Å². The van der Waals surface area contributed by atoms with Crippen LogP contribution in [-0.2, 0) is 10.0 Å². The summed E-state index contributed by atoms with van der Waals surface area (Å²) in [6, 6.07) is 1.05. The molecule has 0 atom stereocenters. The highest BCUT2D eigenvalue weighted by atomic mass is 35.5. The highest BCUT2D eigenvalue weighted by molar-refractivity contribution is 7.89. The lowest BCUT2D eigenvalue weighted by molar-refractivity contribution is 0.0724. The number of primary sulfonamides is 1. The molecule has 1 aromatic rings. The van der Waals surface area contributed by atoms with Crippen LogP contribution in [0.5, 0.6) is 0 Å². The van der Waals surface area contributed by atoms with Gasteiger partial charge in [-0.25, -0.2) is 13.6 Å². The molecule has 116 valence electrons. The van der Waals surface area contributed by atoms with Crippen molar-refractivity contribution in [3.05, 3.63) is 26.7 Å². The van der Waals surface area contributed by atoms with Crippen LogP contribution >= 0.6 is 34.8 Å². The smallest absolute Gasteiger partial charge is 0.256 e. The number of hydrogen-bond acceptors (Lipinski definition) is 3. The summed E-state index contributed by atoms with van der Waals surface area (Å²) in [5, 5.41) is 4.65. The third-order valence-electron chi connectivity index (χ3n) is 3.29. The number of nitrogens with two attached hydrogens (primary N) is 1. The average molecular weight is 372 g/mol. The van der Waals surface area contributed by atoms with Gasteiger partial charge >= 0.3 is 0 Å². The molecule has 1 heterocycles. The minimum absolute atomic E-state index is 0.0651. The number of hydrogen-bond donors (Lipinski definition) is 1. The molecule has 1 amide bonds. The molecule has 0 spiro atoms. The van der Waals surface area contributed by atoms with Gasteiger partial charge in [0, 0.05) is 13.1 Å². The molecule has 0 radical (unpaired) electrons. The summed E-state index contributed by atoms with van der Waals surface area (Å²) >= 11 is 18.0. The van der Waals surface area contributed by atoms with Gasteiger partial charge in [-0.1, -0.05) is 34.8 Å². The van der Waals surface area contributed by atoms with Gasteiger partial charge in [-0.15, -0.1) is 0 Å². The molecule has 9 heteroatoms. The van der Waals surface area contributed by atoms with E-state index in [-0.39, 0.29) is 20.6 Å². The summed E-state index contributed by atoms with van der Waals surface area (Å²) in [6.45, 7) is 1.14. The number of benzene rings is 1. The summed E-state index contributed by atoms with van der Waals surface area (Å²) in [5.41, 5.74) is -0.114. The number of amides is 1. The summed E-state index contributed by atoms with van der Waals surface area (Å²) < 4.78 is 23.1. The first-order valence-corrected chi connectivity index (χ1v) is 8.91. The maximum Gasteiger partial charge on any atom is 0.256 e. The van der Waals surface area contributed by atoms with Crippen LogP contribution in [0.3, 0.4) is 0 Å². The Hall–Kier alpha value is -0.530. The van der Waals surface area contributed by atoms with Gasteiger partial charge in [0.2, 0.25) is 10.0 Å². The van der Waals surface area contributed by atoms with Crippen LogP contribution in [0.2, 0.25) is 15.1 Å². The monoisotopic (exact) mass is 370 g/mol. The quantitative estimate of drug-likeness (QED) is 0.812. The maximum absolute atomic E-state index is 12.5. The highest BCUT2D eigenvalue weighted by Gasteiger charge is 2.28. The summed E-state index contributed by atoms with van der Waals surface area (Å²) in [7, 11) is -4.11. The lowest BCUT2D eigenvalue weighted by atomic mass is 10.1. The predicted octanol–water partition coefficient (Wildman–Crippen LogP) is 2.92. The lowest BCUT2D eigenvalue weighted by Gasteiger charge is -2.27. The number of rotatable bonds is 2. The van der Waals surface area contributed by atoms with Crippen molar-refractivity contribution in [3.8, 4) is 0 Å². The Morgan fingerprint density at radius 2 is 1.67 bits per heavy atom. The largest absolute Gasteiger partial charge is 0.339 e. The fourth-order valence-corrected chi connectivity index (χ4v) is 3.96. The second kappa shape index (κ2) is 6.30. The Kier molecular flexibility index (Phi) is 5.05. The van der Waals surface area contributed by atoms with Crippen LogP contribution < -0.4 is 5.14 Å². The zero-order valence-electron chi connectivity index (χ0n) is 10.9. The zero-order valence-corrected chi connectivity index (χ0v) is 14.0. The summed E-state index contributed by atoms with van der Waals surface area (Å²) in [4.78, 5) is 13.7. The van der Waals surface area contributed by atoms with Crippen LogP contribution in [0.1, 0.15) is 29.6 Å². The first-order chi connectivity index (χ1) is 9.73. The van der Waals surface area contributed by atoms with Crippen molar-refractivity contribution in [1.82, 2.24) is 4.90 Å². The van der Waals surface area contributed by atoms with Crippen LogP contribution in [-0.4, -0.2) is 32.3 Å². The molecule has 2 N–H and O–H groups in total. The van der Waals surface area contributed by atoms with E-state index in [1.807, 2.05) is 0 Å². The van der Waals surface area contributed by atoms with Gasteiger partial charge in [0.05, 0.1) is 20.6 Å². The molecular formula is C12H13Cl3N2O3S. The van der Waals surface area contributed by atoms with Crippen molar-refractivity contribution < 1.29 is 13.2 Å². The molecule has 0 aliphatic carbocycles. The first kappa shape index (κ1) is 16.8. The molecule has 5 nitrogen and oxygen atoms in total. The number of likely N-dealkylation sites (tertiary alicyclic amines) is 1. The first-order valence-electron chi connectivity index (χ1n) is 6.23. The fourth-order valence-electron chi connectivity index (χ4n) is 2.23. The molecule has 0 saturated carbocycles. The standard InChI is InChI=1S/C12H13Cl3N2O3S/c13-7-6-8(21(16,19)20)11(15)9(10(7)14)12(18)17-4-2-1-3-5-17/h6H,1-5H2,(H2,16,19,20). The maximum atomic E-state index is 12.5. The second-order valence-electron chi connectivity index (χ2n) is 4.76. The number of piperidine rings is 1. The number of sulfonamides is 1. The Labute approximate surface area is 138 Å². The number of nitrogens with zero attached hydrogens (tertiary/aromatic N) is 1. The third-order valence-corrected chi connectivity index (χ3v) is 5.51. The van der Waals surface area contributed by atoms with Gasteiger partial charge in [-0.2, -0.15) is 0 Å². The van der Waals surface area contributed by atoms with E-state index in [9.17, 15) is 13.2 Å². The van der Waals surface area contributed by atoms with Crippen LogP contribution in [0.25, 0.3) is 0 Å². The number of halogens is 3. The molecule has 1 aliphatic heterocycles. The molecule has 21 heavy (non-hydrogen) atoms. The third kappa shape index (κ3) is 3.46. The Morgan fingerprint density at radius 3 is 2.19 bits per heavy atom. The highest BCUT2D eigenvalue weighted by Crippen LogP contribution is 2.37. The van der Waals surface area contributed by atoms with E-state index in [2.05, 4.69) is 0 Å². The predicted molar refractivity (Wildman–Crippen MR) is 82.6 cm³/mol. The number of carbonyl (C=O) groups excluding carboxylic acids is 1. The van der Waals surface area contributed by atoms with Crippen molar-refractivity contribution in [2.75, 3.05) is 13.1 Å². The topological polar surface area (TPSA) is 80.5 Å². The normalized spacial score (nSPS) is 16.1. The van der Waals surface area contributed by atoms with E-state index in [0.29, 0.717) is 13.1 Å². The van der Waals surface area contributed by atoms with Crippen molar-refractivity contribution in [1.29, 1.82) is 0 Å². The van der Waals surface area contributed by atoms with Crippen molar-refractivity contribution in [2.24, 2.45) is 5.14 Å².